The molecule has 1 aromatic heterocycles. The zero-order chi connectivity index (χ0) is 23.8. The van der Waals surface area contributed by atoms with Crippen molar-refractivity contribution in [2.45, 2.75) is 37.1 Å². The second-order valence-corrected chi connectivity index (χ2v) is 9.60. The summed E-state index contributed by atoms with van der Waals surface area (Å²) in [7, 11) is 0. The van der Waals surface area contributed by atoms with E-state index in [0.29, 0.717) is 35.1 Å². The van der Waals surface area contributed by atoms with Gasteiger partial charge in [-0.15, -0.1) is 23.1 Å². The van der Waals surface area contributed by atoms with Crippen molar-refractivity contribution in [2.75, 3.05) is 13.2 Å². The highest BCUT2D eigenvalue weighted by atomic mass is 32.2. The fourth-order valence-electron chi connectivity index (χ4n) is 3.53. The Morgan fingerprint density at radius 3 is 2.67 bits per heavy atom. The van der Waals surface area contributed by atoms with Crippen molar-refractivity contribution in [2.24, 2.45) is 0 Å². The minimum absolute atomic E-state index is 0.410. The van der Waals surface area contributed by atoms with Gasteiger partial charge in [-0.25, -0.2) is 9.78 Å². The van der Waals surface area contributed by atoms with E-state index in [4.69, 9.17) is 14.6 Å². The van der Waals surface area contributed by atoms with Crippen LogP contribution in [0.4, 0.5) is 13.2 Å². The molecule has 1 N–H and O–H groups in total. The number of benzene rings is 2. The van der Waals surface area contributed by atoms with Gasteiger partial charge in [-0.05, 0) is 37.6 Å². The smallest absolute Gasteiger partial charge is 0.416 e. The van der Waals surface area contributed by atoms with E-state index in [0.717, 1.165) is 44.5 Å². The Hall–Kier alpha value is -2.72. The molecule has 0 radical (unpaired) electrons. The fraction of sp³-hybridized carbons (Fsp3) is 0.304. The molecular formula is C23H20F3NO4S2. The van der Waals surface area contributed by atoms with Gasteiger partial charge >= 0.3 is 12.1 Å². The minimum atomic E-state index is -4.37. The molecule has 0 saturated carbocycles. The van der Waals surface area contributed by atoms with Crippen molar-refractivity contribution >= 4 is 29.1 Å². The van der Waals surface area contributed by atoms with Gasteiger partial charge in [0, 0.05) is 28.2 Å². The van der Waals surface area contributed by atoms with Gasteiger partial charge in [-0.2, -0.15) is 13.2 Å². The molecule has 33 heavy (non-hydrogen) atoms. The molecule has 5 nitrogen and oxygen atoms in total. The number of carboxylic acid groups (broad SMARTS) is 1. The van der Waals surface area contributed by atoms with Crippen LogP contribution in [0.5, 0.6) is 11.5 Å². The normalized spacial score (nSPS) is 13.0. The van der Waals surface area contributed by atoms with E-state index in [-0.39, 0.29) is 0 Å². The topological polar surface area (TPSA) is 68.7 Å². The molecule has 0 atom stereocenters. The van der Waals surface area contributed by atoms with Gasteiger partial charge in [0.2, 0.25) is 0 Å². The molecule has 10 heteroatoms. The van der Waals surface area contributed by atoms with Crippen LogP contribution in [0.25, 0.3) is 10.6 Å². The van der Waals surface area contributed by atoms with Crippen molar-refractivity contribution in [3.8, 4) is 22.1 Å². The van der Waals surface area contributed by atoms with E-state index >= 15 is 0 Å². The van der Waals surface area contributed by atoms with Crippen LogP contribution in [0.3, 0.4) is 0 Å². The Morgan fingerprint density at radius 2 is 2.00 bits per heavy atom. The maximum absolute atomic E-state index is 12.8. The average molecular weight is 496 g/mol. The van der Waals surface area contributed by atoms with Crippen LogP contribution in [0.1, 0.15) is 27.3 Å². The first kappa shape index (κ1) is 23.4. The van der Waals surface area contributed by atoms with Crippen LogP contribution >= 0.6 is 23.1 Å². The number of carboxylic acids is 1. The van der Waals surface area contributed by atoms with Crippen molar-refractivity contribution in [3.05, 3.63) is 57.6 Å². The standard InChI is InChI=1S/C23H20F3NO4S2/c1-12-9-17(21-16(7-8-30-21)20(12)31-10-19(28)29)32-11-18-13(2)27-22(33-18)14-3-5-15(6-4-14)23(24,25)26/h3-6,9H,7-8,10-11H2,1-2H3,(H,28,29). The summed E-state index contributed by atoms with van der Waals surface area (Å²) < 4.78 is 49.8. The van der Waals surface area contributed by atoms with Gasteiger partial charge in [0.25, 0.3) is 0 Å². The summed E-state index contributed by atoms with van der Waals surface area (Å²) in [5.41, 5.74) is 2.51. The van der Waals surface area contributed by atoms with Crippen molar-refractivity contribution in [3.63, 3.8) is 0 Å². The minimum Gasteiger partial charge on any atom is -0.492 e. The monoisotopic (exact) mass is 495 g/mol. The number of halogens is 3. The number of nitrogens with zero attached hydrogens (tertiary/aromatic N) is 1. The van der Waals surface area contributed by atoms with E-state index in [1.807, 2.05) is 19.9 Å². The predicted octanol–water partition coefficient (Wildman–Crippen LogP) is 6.14. The molecule has 1 aliphatic rings. The summed E-state index contributed by atoms with van der Waals surface area (Å²) in [5, 5.41) is 9.60. The van der Waals surface area contributed by atoms with Crippen molar-refractivity contribution in [1.82, 2.24) is 4.98 Å². The molecule has 0 unspecified atom stereocenters. The summed E-state index contributed by atoms with van der Waals surface area (Å²) in [4.78, 5) is 17.4. The lowest BCUT2D eigenvalue weighted by Gasteiger charge is -2.15. The van der Waals surface area contributed by atoms with Crippen LogP contribution in [-0.4, -0.2) is 29.3 Å². The van der Waals surface area contributed by atoms with E-state index in [1.165, 1.54) is 23.5 Å². The molecule has 0 fully saturated rings. The van der Waals surface area contributed by atoms with Crippen molar-refractivity contribution < 1.29 is 32.5 Å². The third-order valence-corrected chi connectivity index (χ3v) is 7.56. The third-order valence-electron chi connectivity index (χ3n) is 5.13. The second kappa shape index (κ2) is 9.26. The Bertz CT molecular complexity index is 1190. The number of aryl methyl sites for hydroxylation is 2. The largest absolute Gasteiger partial charge is 0.492 e. The maximum Gasteiger partial charge on any atom is 0.416 e. The Kier molecular flexibility index (Phi) is 6.58. The lowest BCUT2D eigenvalue weighted by Crippen LogP contribution is -2.11. The van der Waals surface area contributed by atoms with E-state index in [9.17, 15) is 18.0 Å². The molecular weight excluding hydrogens is 475 g/mol. The third kappa shape index (κ3) is 5.11. The summed E-state index contributed by atoms with van der Waals surface area (Å²) in [6, 6.07) is 6.95. The Balaban J connectivity index is 1.52. The van der Waals surface area contributed by atoms with Gasteiger partial charge in [0.05, 0.1) is 22.8 Å². The average Bonchev–Trinajstić information content (AvgIpc) is 3.38. The predicted molar refractivity (Wildman–Crippen MR) is 120 cm³/mol. The van der Waals surface area contributed by atoms with Gasteiger partial charge in [-0.1, -0.05) is 12.1 Å². The number of rotatable bonds is 7. The van der Waals surface area contributed by atoms with E-state index < -0.39 is 24.3 Å². The number of carbonyl (C=O) groups is 1. The Morgan fingerprint density at radius 1 is 1.27 bits per heavy atom. The molecule has 2 heterocycles. The van der Waals surface area contributed by atoms with Crippen LogP contribution < -0.4 is 9.47 Å². The first-order valence-corrected chi connectivity index (χ1v) is 11.8. The number of alkyl halides is 3. The zero-order valence-electron chi connectivity index (χ0n) is 17.8. The highest BCUT2D eigenvalue weighted by Gasteiger charge is 2.30. The first-order valence-electron chi connectivity index (χ1n) is 10.0. The van der Waals surface area contributed by atoms with Crippen LogP contribution in [0.2, 0.25) is 0 Å². The maximum atomic E-state index is 12.8. The zero-order valence-corrected chi connectivity index (χ0v) is 19.4. The molecule has 4 rings (SSSR count). The SMILES string of the molecule is Cc1cc(SCc2sc(-c3ccc(C(F)(F)F)cc3)nc2C)c2c(c1OCC(=O)O)CCO2. The molecule has 0 aliphatic carbocycles. The highest BCUT2D eigenvalue weighted by molar-refractivity contribution is 7.98. The lowest BCUT2D eigenvalue weighted by molar-refractivity contribution is -0.139. The van der Waals surface area contributed by atoms with Gasteiger partial charge in [0.1, 0.15) is 16.5 Å². The summed E-state index contributed by atoms with van der Waals surface area (Å²) in [5.74, 6) is 0.864. The number of thiazole rings is 1. The molecule has 0 spiro atoms. The quantitative estimate of drug-likeness (QED) is 0.398. The number of hydrogen-bond donors (Lipinski definition) is 1. The van der Waals surface area contributed by atoms with Gasteiger partial charge in [0.15, 0.2) is 6.61 Å². The number of aromatic nitrogens is 1. The van der Waals surface area contributed by atoms with Gasteiger partial charge < -0.3 is 14.6 Å². The summed E-state index contributed by atoms with van der Waals surface area (Å²) in [6.45, 7) is 3.86. The molecule has 2 aromatic carbocycles. The molecule has 0 amide bonds. The summed E-state index contributed by atoms with van der Waals surface area (Å²) >= 11 is 3.03. The number of hydrogen-bond acceptors (Lipinski definition) is 6. The molecule has 0 bridgehead atoms. The van der Waals surface area contributed by atoms with Crippen molar-refractivity contribution in [1.29, 1.82) is 0 Å². The van der Waals surface area contributed by atoms with E-state index in [1.54, 1.807) is 11.8 Å². The number of aliphatic carboxylic acids is 1. The fourth-order valence-corrected chi connectivity index (χ4v) is 5.88. The number of fused-ring (bicyclic) bond motifs is 1. The summed E-state index contributed by atoms with van der Waals surface area (Å²) in [6.07, 6.45) is -3.72. The highest BCUT2D eigenvalue weighted by Crippen LogP contribution is 2.45. The first-order chi connectivity index (χ1) is 15.6. The number of ether oxygens (including phenoxy) is 2. The molecule has 3 aromatic rings. The molecule has 0 saturated heterocycles. The lowest BCUT2D eigenvalue weighted by atomic mass is 10.1. The van der Waals surface area contributed by atoms with Crippen LogP contribution in [0.15, 0.2) is 35.2 Å². The second-order valence-electron chi connectivity index (χ2n) is 7.50. The van der Waals surface area contributed by atoms with Crippen LogP contribution in [-0.2, 0) is 23.1 Å². The number of thioether (sulfide) groups is 1. The molecule has 1 aliphatic heterocycles. The van der Waals surface area contributed by atoms with Gasteiger partial charge in [-0.3, -0.25) is 0 Å². The van der Waals surface area contributed by atoms with E-state index in [2.05, 4.69) is 4.98 Å². The van der Waals surface area contributed by atoms with Crippen LogP contribution in [0, 0.1) is 13.8 Å². The Labute approximate surface area is 196 Å². The molecule has 174 valence electrons.